The van der Waals surface area contributed by atoms with Crippen molar-refractivity contribution in [2.24, 2.45) is 5.10 Å². The molecule has 0 fully saturated rings. The number of benzene rings is 3. The third-order valence-corrected chi connectivity index (χ3v) is 7.86. The highest BCUT2D eigenvalue weighted by atomic mass is 32.2. The lowest BCUT2D eigenvalue weighted by Crippen LogP contribution is -2.32. The number of hydrogen-bond acceptors (Lipinski definition) is 6. The lowest BCUT2D eigenvalue weighted by atomic mass is 9.96. The lowest BCUT2D eigenvalue weighted by Gasteiger charge is -2.22. The Morgan fingerprint density at radius 1 is 0.897 bits per heavy atom. The number of amides is 2. The van der Waals surface area contributed by atoms with Gasteiger partial charge in [0, 0.05) is 36.9 Å². The molecule has 0 saturated carbocycles. The van der Waals surface area contributed by atoms with Gasteiger partial charge in [-0.25, -0.2) is 9.22 Å². The van der Waals surface area contributed by atoms with Crippen LogP contribution in [0.5, 0.6) is 0 Å². The number of nitrogens with one attached hydrogen (secondary N) is 1. The van der Waals surface area contributed by atoms with Crippen molar-refractivity contribution in [1.82, 2.24) is 19.7 Å². The summed E-state index contributed by atoms with van der Waals surface area (Å²) in [6.45, 7) is 3.51. The smallest absolute Gasteiger partial charge is 0.243 e. The standard InChI is InChI=1S/C30H29N5O3S/c1-20(2)39(38)34-29(36)14-15-30(37)35-28(24-12-13-25-27(18-24)32-17-16-31-25)19-26(33-35)23-10-8-22(9-11-23)21-6-4-3-5-7-21/h3-13,16-18,20,28H,14-15,19H2,1-2H3,(H,34,36). The second-order valence-electron chi connectivity index (χ2n) is 9.62. The van der Waals surface area contributed by atoms with E-state index in [0.717, 1.165) is 39.0 Å². The lowest BCUT2D eigenvalue weighted by molar-refractivity contribution is -0.134. The molecule has 0 bridgehead atoms. The van der Waals surface area contributed by atoms with Gasteiger partial charge in [0.1, 0.15) is 11.0 Å². The van der Waals surface area contributed by atoms with Crippen molar-refractivity contribution in [3.8, 4) is 11.1 Å². The quantitative estimate of drug-likeness (QED) is 0.341. The Balaban J connectivity index is 1.39. The van der Waals surface area contributed by atoms with Crippen LogP contribution in [-0.2, 0) is 20.6 Å². The summed E-state index contributed by atoms with van der Waals surface area (Å²) in [5.74, 6) is -0.701. The van der Waals surface area contributed by atoms with Crippen LogP contribution >= 0.6 is 0 Å². The summed E-state index contributed by atoms with van der Waals surface area (Å²) in [4.78, 5) is 34.4. The van der Waals surface area contributed by atoms with Gasteiger partial charge in [0.2, 0.25) is 11.8 Å². The molecule has 0 aliphatic carbocycles. The van der Waals surface area contributed by atoms with E-state index in [1.54, 1.807) is 26.2 Å². The third kappa shape index (κ3) is 6.09. The van der Waals surface area contributed by atoms with Crippen molar-refractivity contribution in [2.75, 3.05) is 0 Å². The molecular weight excluding hydrogens is 510 g/mol. The van der Waals surface area contributed by atoms with E-state index in [2.05, 4.69) is 39.0 Å². The van der Waals surface area contributed by atoms with Crippen LogP contribution in [-0.4, -0.2) is 42.0 Å². The Morgan fingerprint density at radius 2 is 1.56 bits per heavy atom. The highest BCUT2D eigenvalue weighted by Crippen LogP contribution is 2.35. The van der Waals surface area contributed by atoms with Crippen LogP contribution < -0.4 is 4.72 Å². The molecule has 3 aromatic carbocycles. The molecule has 1 aliphatic heterocycles. The third-order valence-electron chi connectivity index (χ3n) is 6.58. The van der Waals surface area contributed by atoms with E-state index in [0.29, 0.717) is 6.42 Å². The summed E-state index contributed by atoms with van der Waals surface area (Å²) in [6, 6.07) is 23.7. The van der Waals surface area contributed by atoms with Crippen molar-refractivity contribution >= 4 is 39.5 Å². The number of carbonyl (C=O) groups is 2. The molecule has 4 aromatic rings. The Bertz CT molecular complexity index is 1550. The number of rotatable bonds is 8. The number of hydrogen-bond donors (Lipinski definition) is 1. The first kappa shape index (κ1) is 26.4. The predicted molar refractivity (Wildman–Crippen MR) is 153 cm³/mol. The molecule has 1 aromatic heterocycles. The summed E-state index contributed by atoms with van der Waals surface area (Å²) in [7, 11) is -1.48. The average Bonchev–Trinajstić information content (AvgIpc) is 3.42. The summed E-state index contributed by atoms with van der Waals surface area (Å²) >= 11 is 0. The van der Waals surface area contributed by atoms with Crippen molar-refractivity contribution in [1.29, 1.82) is 0 Å². The van der Waals surface area contributed by atoms with Crippen molar-refractivity contribution in [2.45, 2.75) is 44.4 Å². The summed E-state index contributed by atoms with van der Waals surface area (Å²) < 4.78 is 14.4. The molecule has 5 rings (SSSR count). The van der Waals surface area contributed by atoms with E-state index < -0.39 is 16.9 Å². The first-order chi connectivity index (χ1) is 18.9. The highest BCUT2D eigenvalue weighted by molar-refractivity contribution is 7.84. The first-order valence-electron chi connectivity index (χ1n) is 12.8. The van der Waals surface area contributed by atoms with Crippen molar-refractivity contribution in [3.05, 3.63) is 96.3 Å². The van der Waals surface area contributed by atoms with Crippen LogP contribution in [0.15, 0.2) is 90.3 Å². The van der Waals surface area contributed by atoms with Crippen LogP contribution in [0.1, 0.15) is 50.3 Å². The maximum Gasteiger partial charge on any atom is 0.243 e. The first-order valence-corrected chi connectivity index (χ1v) is 14.1. The number of carbonyl (C=O) groups excluding carboxylic acids is 2. The minimum absolute atomic E-state index is 0.0469. The zero-order valence-electron chi connectivity index (χ0n) is 21.8. The van der Waals surface area contributed by atoms with Gasteiger partial charge in [0.05, 0.1) is 22.8 Å². The molecule has 2 amide bonds. The van der Waals surface area contributed by atoms with Crippen LogP contribution in [0.25, 0.3) is 22.2 Å². The van der Waals surface area contributed by atoms with Crippen molar-refractivity contribution < 1.29 is 13.8 Å². The van der Waals surface area contributed by atoms with Gasteiger partial charge in [-0.1, -0.05) is 60.7 Å². The molecule has 1 N–H and O–H groups in total. The van der Waals surface area contributed by atoms with Gasteiger partial charge >= 0.3 is 0 Å². The molecule has 39 heavy (non-hydrogen) atoms. The molecule has 1 aliphatic rings. The maximum absolute atomic E-state index is 13.4. The van der Waals surface area contributed by atoms with Crippen LogP contribution in [0.3, 0.4) is 0 Å². The molecule has 0 saturated heterocycles. The summed E-state index contributed by atoms with van der Waals surface area (Å²) in [5, 5.41) is 6.01. The zero-order valence-corrected chi connectivity index (χ0v) is 22.6. The summed E-state index contributed by atoms with van der Waals surface area (Å²) in [6.07, 6.45) is 3.69. The molecule has 0 radical (unpaired) electrons. The number of hydrazone groups is 1. The van der Waals surface area contributed by atoms with E-state index in [1.165, 1.54) is 5.01 Å². The fourth-order valence-corrected chi connectivity index (χ4v) is 5.03. The van der Waals surface area contributed by atoms with Crippen LogP contribution in [0.2, 0.25) is 0 Å². The highest BCUT2D eigenvalue weighted by Gasteiger charge is 2.33. The average molecular weight is 540 g/mol. The van der Waals surface area contributed by atoms with Crippen LogP contribution in [0, 0.1) is 0 Å². The minimum Gasteiger partial charge on any atom is -0.275 e. The van der Waals surface area contributed by atoms with Gasteiger partial charge in [0.25, 0.3) is 0 Å². The van der Waals surface area contributed by atoms with Gasteiger partial charge < -0.3 is 0 Å². The van der Waals surface area contributed by atoms with Gasteiger partial charge in [-0.15, -0.1) is 0 Å². The van der Waals surface area contributed by atoms with Gasteiger partial charge in [-0.05, 0) is 48.2 Å². The minimum atomic E-state index is -1.48. The fourth-order valence-electron chi connectivity index (χ4n) is 4.46. The molecular formula is C30H29N5O3S. The molecule has 0 spiro atoms. The van der Waals surface area contributed by atoms with Crippen LogP contribution in [0.4, 0.5) is 0 Å². The number of fused-ring (bicyclic) bond motifs is 1. The zero-order chi connectivity index (χ0) is 27.4. The van der Waals surface area contributed by atoms with E-state index >= 15 is 0 Å². The Labute approximate surface area is 229 Å². The van der Waals surface area contributed by atoms with E-state index in [1.807, 2.05) is 48.5 Å². The Morgan fingerprint density at radius 3 is 2.28 bits per heavy atom. The van der Waals surface area contributed by atoms with Gasteiger partial charge in [0.15, 0.2) is 0 Å². The SMILES string of the molecule is CC(C)S(=O)NC(=O)CCC(=O)N1N=C(c2ccc(-c3ccccc3)cc2)CC1c1ccc2nccnc2c1. The second kappa shape index (κ2) is 11.7. The largest absolute Gasteiger partial charge is 0.275 e. The van der Waals surface area contributed by atoms with Gasteiger partial charge in [-0.2, -0.15) is 5.10 Å². The number of nitrogens with zero attached hydrogens (tertiary/aromatic N) is 4. The van der Waals surface area contributed by atoms with E-state index in [9.17, 15) is 13.8 Å². The van der Waals surface area contributed by atoms with Gasteiger partial charge in [-0.3, -0.25) is 24.3 Å². The van der Waals surface area contributed by atoms with E-state index in [-0.39, 0.29) is 30.0 Å². The Kier molecular flexibility index (Phi) is 7.88. The molecule has 9 heteroatoms. The normalized spacial score (nSPS) is 15.8. The fraction of sp³-hybridized carbons (Fsp3) is 0.233. The van der Waals surface area contributed by atoms with Crippen molar-refractivity contribution in [3.63, 3.8) is 0 Å². The molecule has 2 unspecified atom stereocenters. The molecule has 198 valence electrons. The number of aromatic nitrogens is 2. The monoisotopic (exact) mass is 539 g/mol. The predicted octanol–water partition coefficient (Wildman–Crippen LogP) is 4.94. The van der Waals surface area contributed by atoms with E-state index in [4.69, 9.17) is 5.10 Å². The molecule has 2 atom stereocenters. The maximum atomic E-state index is 13.4. The Hall–Kier alpha value is -4.24. The molecule has 2 heterocycles. The topological polar surface area (TPSA) is 105 Å². The second-order valence-corrected chi connectivity index (χ2v) is 11.4. The summed E-state index contributed by atoms with van der Waals surface area (Å²) in [5.41, 5.74) is 6.34. The molecule has 8 nitrogen and oxygen atoms in total.